The molecule has 0 spiro atoms. The van der Waals surface area contributed by atoms with Gasteiger partial charge in [0, 0.05) is 51.0 Å². The molecule has 2 fully saturated rings. The minimum Gasteiger partial charge on any atom is -0.376 e. The number of carbonyl (C=O) groups excluding carboxylic acids is 1. The number of hydrogen-bond donors (Lipinski definition) is 0. The van der Waals surface area contributed by atoms with Crippen LogP contribution in [-0.2, 0) is 22.6 Å². The lowest BCUT2D eigenvalue weighted by Gasteiger charge is -2.35. The van der Waals surface area contributed by atoms with Gasteiger partial charge < -0.3 is 14.2 Å². The third-order valence-corrected chi connectivity index (χ3v) is 5.80. The van der Waals surface area contributed by atoms with Crippen LogP contribution in [0.25, 0.3) is 0 Å². The molecule has 0 radical (unpaired) electrons. The molecule has 0 N–H and O–H groups in total. The summed E-state index contributed by atoms with van der Waals surface area (Å²) in [6.45, 7) is 7.50. The Morgan fingerprint density at radius 3 is 2.70 bits per heavy atom. The average molecular weight is 367 g/mol. The molecular weight excluding hydrogens is 338 g/mol. The Hall–Kier alpha value is -2.14. The van der Waals surface area contributed by atoms with Gasteiger partial charge in [-0.15, -0.1) is 0 Å². The number of carbonyl (C=O) groups is 1. The fourth-order valence-electron chi connectivity index (χ4n) is 4.39. The van der Waals surface area contributed by atoms with Crippen molar-refractivity contribution in [2.24, 2.45) is 0 Å². The van der Waals surface area contributed by atoms with Crippen LogP contribution in [0, 0.1) is 0 Å². The van der Waals surface area contributed by atoms with E-state index in [0.29, 0.717) is 18.9 Å². The quantitative estimate of drug-likeness (QED) is 0.809. The van der Waals surface area contributed by atoms with E-state index < -0.39 is 0 Å². The molecule has 3 heterocycles. The Bertz CT molecular complexity index is 811. The second kappa shape index (κ2) is 7.47. The first kappa shape index (κ1) is 18.2. The molecule has 2 aromatic rings. The van der Waals surface area contributed by atoms with Crippen molar-refractivity contribution >= 4 is 5.91 Å². The Balaban J connectivity index is 1.54. The van der Waals surface area contributed by atoms with E-state index in [2.05, 4.69) is 53.9 Å². The van der Waals surface area contributed by atoms with Gasteiger partial charge in [0.25, 0.3) is 0 Å². The lowest BCUT2D eigenvalue weighted by Crippen LogP contribution is -2.34. The van der Waals surface area contributed by atoms with Crippen LogP contribution in [0.4, 0.5) is 0 Å². The first-order valence-corrected chi connectivity index (χ1v) is 10.0. The van der Waals surface area contributed by atoms with Crippen molar-refractivity contribution in [1.29, 1.82) is 0 Å². The third kappa shape index (κ3) is 4.08. The fourth-order valence-corrected chi connectivity index (χ4v) is 4.39. The molecule has 1 amide bonds. The maximum atomic E-state index is 12.0. The van der Waals surface area contributed by atoms with Crippen molar-refractivity contribution in [3.8, 4) is 0 Å². The highest BCUT2D eigenvalue weighted by Gasteiger charge is 2.32. The summed E-state index contributed by atoms with van der Waals surface area (Å²) in [6.07, 6.45) is 7.66. The molecule has 2 aliphatic heterocycles. The number of rotatable bonds is 5. The van der Waals surface area contributed by atoms with Crippen molar-refractivity contribution in [3.05, 3.63) is 53.6 Å². The van der Waals surface area contributed by atoms with Gasteiger partial charge in [-0.2, -0.15) is 0 Å². The number of aromatic nitrogens is 2. The number of nitrogens with zero attached hydrogens (tertiary/aromatic N) is 3. The molecule has 0 bridgehead atoms. The molecule has 0 unspecified atom stereocenters. The molecule has 5 heteroatoms. The van der Waals surface area contributed by atoms with Crippen LogP contribution in [-0.4, -0.2) is 39.1 Å². The zero-order valence-corrected chi connectivity index (χ0v) is 16.4. The maximum Gasteiger partial charge on any atom is 0.222 e. The fraction of sp³-hybridized carbons (Fsp3) is 0.545. The van der Waals surface area contributed by atoms with E-state index in [1.165, 1.54) is 11.1 Å². The SMILES string of the molecule is CC1(C)C[C@@H](c2nccn2Cc2ccccc2CN2CCCC2=O)CCO1. The summed E-state index contributed by atoms with van der Waals surface area (Å²) in [5.41, 5.74) is 2.41. The van der Waals surface area contributed by atoms with Crippen LogP contribution in [0.3, 0.4) is 0 Å². The minimum absolute atomic E-state index is 0.0896. The topological polar surface area (TPSA) is 47.4 Å². The second-order valence-corrected chi connectivity index (χ2v) is 8.40. The molecule has 5 nitrogen and oxygen atoms in total. The van der Waals surface area contributed by atoms with E-state index in [-0.39, 0.29) is 11.5 Å². The highest BCUT2D eigenvalue weighted by molar-refractivity contribution is 5.78. The summed E-state index contributed by atoms with van der Waals surface area (Å²) in [5.74, 6) is 1.85. The second-order valence-electron chi connectivity index (χ2n) is 8.40. The predicted octanol–water partition coefficient (Wildman–Crippen LogP) is 3.73. The van der Waals surface area contributed by atoms with Gasteiger partial charge in [0.1, 0.15) is 5.82 Å². The highest BCUT2D eigenvalue weighted by atomic mass is 16.5. The van der Waals surface area contributed by atoms with Crippen molar-refractivity contribution in [1.82, 2.24) is 14.5 Å². The number of imidazole rings is 1. The van der Waals surface area contributed by atoms with Crippen LogP contribution < -0.4 is 0 Å². The molecular formula is C22H29N3O2. The van der Waals surface area contributed by atoms with Gasteiger partial charge in [0.15, 0.2) is 0 Å². The maximum absolute atomic E-state index is 12.0. The zero-order valence-electron chi connectivity index (χ0n) is 16.4. The van der Waals surface area contributed by atoms with Crippen molar-refractivity contribution in [3.63, 3.8) is 0 Å². The lowest BCUT2D eigenvalue weighted by atomic mass is 9.87. The number of likely N-dealkylation sites (tertiary alicyclic amines) is 1. The summed E-state index contributed by atoms with van der Waals surface area (Å²) in [6, 6.07) is 8.47. The van der Waals surface area contributed by atoms with Crippen LogP contribution >= 0.6 is 0 Å². The molecule has 0 aliphatic carbocycles. The Morgan fingerprint density at radius 2 is 2.00 bits per heavy atom. The standard InChI is InChI=1S/C22H29N3O2/c1-22(2)14-17(9-13-27-22)21-23-10-12-25(21)16-19-7-4-3-6-18(19)15-24-11-5-8-20(24)26/h3-4,6-7,10,12,17H,5,8-9,11,13-16H2,1-2H3/t17-/m0/s1. The molecule has 1 aromatic carbocycles. The molecule has 2 aliphatic rings. The van der Waals surface area contributed by atoms with Gasteiger partial charge in [-0.05, 0) is 44.2 Å². The molecule has 4 rings (SSSR count). The van der Waals surface area contributed by atoms with Gasteiger partial charge in [-0.25, -0.2) is 4.98 Å². The number of benzene rings is 1. The van der Waals surface area contributed by atoms with E-state index in [1.807, 2.05) is 11.1 Å². The Morgan fingerprint density at radius 1 is 1.22 bits per heavy atom. The number of hydrogen-bond acceptors (Lipinski definition) is 3. The van der Waals surface area contributed by atoms with Crippen LogP contribution in [0.15, 0.2) is 36.7 Å². The van der Waals surface area contributed by atoms with Gasteiger partial charge in [0.2, 0.25) is 5.91 Å². The molecule has 0 saturated carbocycles. The van der Waals surface area contributed by atoms with Crippen LogP contribution in [0.1, 0.15) is 62.4 Å². The van der Waals surface area contributed by atoms with Crippen LogP contribution in [0.2, 0.25) is 0 Å². The normalized spacial score (nSPS) is 22.4. The van der Waals surface area contributed by atoms with E-state index in [9.17, 15) is 4.79 Å². The summed E-state index contributed by atoms with van der Waals surface area (Å²) >= 11 is 0. The molecule has 27 heavy (non-hydrogen) atoms. The summed E-state index contributed by atoms with van der Waals surface area (Å²) < 4.78 is 8.16. The monoisotopic (exact) mass is 367 g/mol. The van der Waals surface area contributed by atoms with Crippen molar-refractivity contribution < 1.29 is 9.53 Å². The predicted molar refractivity (Wildman–Crippen MR) is 104 cm³/mol. The van der Waals surface area contributed by atoms with E-state index in [4.69, 9.17) is 4.74 Å². The van der Waals surface area contributed by atoms with Crippen molar-refractivity contribution in [2.45, 2.75) is 64.1 Å². The number of amides is 1. The van der Waals surface area contributed by atoms with Gasteiger partial charge in [0.05, 0.1) is 5.60 Å². The summed E-state index contributed by atoms with van der Waals surface area (Å²) in [5, 5.41) is 0. The van der Waals surface area contributed by atoms with Gasteiger partial charge in [-0.3, -0.25) is 4.79 Å². The first-order chi connectivity index (χ1) is 13.0. The number of ether oxygens (including phenoxy) is 1. The van der Waals surface area contributed by atoms with Gasteiger partial charge in [-0.1, -0.05) is 24.3 Å². The molecule has 1 aromatic heterocycles. The van der Waals surface area contributed by atoms with E-state index in [0.717, 1.165) is 44.8 Å². The van der Waals surface area contributed by atoms with Crippen LogP contribution in [0.5, 0.6) is 0 Å². The Kier molecular flexibility index (Phi) is 5.04. The van der Waals surface area contributed by atoms with Gasteiger partial charge >= 0.3 is 0 Å². The molecule has 2 saturated heterocycles. The van der Waals surface area contributed by atoms with E-state index >= 15 is 0 Å². The largest absolute Gasteiger partial charge is 0.376 e. The molecule has 144 valence electrons. The van der Waals surface area contributed by atoms with Crippen molar-refractivity contribution in [2.75, 3.05) is 13.2 Å². The lowest BCUT2D eigenvalue weighted by molar-refractivity contribution is -0.128. The first-order valence-electron chi connectivity index (χ1n) is 10.0. The zero-order chi connectivity index (χ0) is 18.9. The Labute approximate surface area is 161 Å². The smallest absolute Gasteiger partial charge is 0.222 e. The average Bonchev–Trinajstić information content (AvgIpc) is 3.25. The minimum atomic E-state index is -0.0896. The third-order valence-electron chi connectivity index (χ3n) is 5.80. The summed E-state index contributed by atoms with van der Waals surface area (Å²) in [7, 11) is 0. The highest BCUT2D eigenvalue weighted by Crippen LogP contribution is 2.35. The summed E-state index contributed by atoms with van der Waals surface area (Å²) in [4.78, 5) is 18.7. The van der Waals surface area contributed by atoms with E-state index in [1.54, 1.807) is 0 Å². The molecule has 1 atom stereocenters.